The standard InChI is InChI=1S/C19H26N2O7S/c1-14-2-3-16(12-17(14)29(24,25)21-6-10-27-11-7-21)20-18(22)13-28-19(23)15-4-8-26-9-5-15/h2-3,12,15H,4-11,13H2,1H3,(H,20,22). The molecule has 2 fully saturated rings. The highest BCUT2D eigenvalue weighted by Gasteiger charge is 2.28. The zero-order valence-electron chi connectivity index (χ0n) is 16.4. The lowest BCUT2D eigenvalue weighted by molar-refractivity contribution is -0.154. The molecule has 0 bridgehead atoms. The van der Waals surface area contributed by atoms with Gasteiger partial charge in [0.05, 0.1) is 24.0 Å². The van der Waals surface area contributed by atoms with Gasteiger partial charge in [-0.3, -0.25) is 9.59 Å². The van der Waals surface area contributed by atoms with Crippen LogP contribution in [0.5, 0.6) is 0 Å². The fraction of sp³-hybridized carbons (Fsp3) is 0.579. The van der Waals surface area contributed by atoms with Crippen LogP contribution in [-0.4, -0.2) is 70.7 Å². The smallest absolute Gasteiger partial charge is 0.309 e. The SMILES string of the molecule is Cc1ccc(NC(=O)COC(=O)C2CCOCC2)cc1S(=O)(=O)N1CCOCC1. The van der Waals surface area contributed by atoms with Crippen molar-refractivity contribution in [3.63, 3.8) is 0 Å². The summed E-state index contributed by atoms with van der Waals surface area (Å²) in [6.07, 6.45) is 1.17. The van der Waals surface area contributed by atoms with Crippen molar-refractivity contribution in [1.82, 2.24) is 4.31 Å². The molecule has 1 aromatic rings. The zero-order chi connectivity index (χ0) is 20.9. The highest BCUT2D eigenvalue weighted by molar-refractivity contribution is 7.89. The van der Waals surface area contributed by atoms with E-state index in [2.05, 4.69) is 5.32 Å². The van der Waals surface area contributed by atoms with E-state index in [-0.39, 0.29) is 10.8 Å². The molecule has 2 heterocycles. The van der Waals surface area contributed by atoms with Crippen molar-refractivity contribution in [2.45, 2.75) is 24.7 Å². The number of esters is 1. The normalized spacial score (nSPS) is 18.9. The summed E-state index contributed by atoms with van der Waals surface area (Å²) in [6.45, 7) is 3.59. The van der Waals surface area contributed by atoms with Crippen molar-refractivity contribution in [2.24, 2.45) is 5.92 Å². The topological polar surface area (TPSA) is 111 Å². The first-order valence-corrected chi connectivity index (χ1v) is 11.0. The molecule has 0 aliphatic carbocycles. The average molecular weight is 426 g/mol. The summed E-state index contributed by atoms with van der Waals surface area (Å²) < 4.78 is 42.7. The Morgan fingerprint density at radius 3 is 2.48 bits per heavy atom. The van der Waals surface area contributed by atoms with Gasteiger partial charge in [0, 0.05) is 32.0 Å². The Morgan fingerprint density at radius 1 is 1.14 bits per heavy atom. The fourth-order valence-electron chi connectivity index (χ4n) is 3.27. The highest BCUT2D eigenvalue weighted by atomic mass is 32.2. The number of sulfonamides is 1. The maximum absolute atomic E-state index is 12.9. The summed E-state index contributed by atoms with van der Waals surface area (Å²) >= 11 is 0. The van der Waals surface area contributed by atoms with Crippen molar-refractivity contribution >= 4 is 27.6 Å². The summed E-state index contributed by atoms with van der Waals surface area (Å²) in [5, 5.41) is 2.59. The maximum Gasteiger partial charge on any atom is 0.309 e. The van der Waals surface area contributed by atoms with E-state index >= 15 is 0 Å². The Balaban J connectivity index is 1.61. The van der Waals surface area contributed by atoms with E-state index < -0.39 is 28.5 Å². The first-order chi connectivity index (χ1) is 13.9. The van der Waals surface area contributed by atoms with Gasteiger partial charge in [0.2, 0.25) is 10.0 Å². The molecule has 2 saturated heterocycles. The van der Waals surface area contributed by atoms with Crippen LogP contribution >= 0.6 is 0 Å². The number of hydrogen-bond acceptors (Lipinski definition) is 7. The van der Waals surface area contributed by atoms with Crippen LogP contribution in [0.1, 0.15) is 18.4 Å². The van der Waals surface area contributed by atoms with Gasteiger partial charge in [-0.25, -0.2) is 8.42 Å². The van der Waals surface area contributed by atoms with Crippen LogP contribution in [0, 0.1) is 12.8 Å². The van der Waals surface area contributed by atoms with E-state index in [1.165, 1.54) is 10.4 Å². The third-order valence-corrected chi connectivity index (χ3v) is 7.00. The average Bonchev–Trinajstić information content (AvgIpc) is 2.74. The first-order valence-electron chi connectivity index (χ1n) is 9.60. The molecule has 3 rings (SSSR count). The molecule has 10 heteroatoms. The van der Waals surface area contributed by atoms with Crippen molar-refractivity contribution in [3.05, 3.63) is 23.8 Å². The molecular formula is C19H26N2O7S. The lowest BCUT2D eigenvalue weighted by Gasteiger charge is -2.26. The summed E-state index contributed by atoms with van der Waals surface area (Å²) in [7, 11) is -3.69. The number of amides is 1. The molecule has 0 aromatic heterocycles. The number of rotatable bonds is 6. The van der Waals surface area contributed by atoms with E-state index in [0.29, 0.717) is 63.6 Å². The number of nitrogens with zero attached hydrogens (tertiary/aromatic N) is 1. The minimum Gasteiger partial charge on any atom is -0.455 e. The number of aryl methyl sites for hydroxylation is 1. The number of benzene rings is 1. The van der Waals surface area contributed by atoms with Crippen LogP contribution in [0.4, 0.5) is 5.69 Å². The third kappa shape index (κ3) is 5.53. The Bertz CT molecular complexity index is 844. The largest absolute Gasteiger partial charge is 0.455 e. The molecule has 0 spiro atoms. The van der Waals surface area contributed by atoms with Crippen LogP contribution < -0.4 is 5.32 Å². The summed E-state index contributed by atoms with van der Waals surface area (Å²) in [5.41, 5.74) is 0.912. The van der Waals surface area contributed by atoms with Crippen LogP contribution in [0.2, 0.25) is 0 Å². The van der Waals surface area contributed by atoms with Gasteiger partial charge in [-0.05, 0) is 37.5 Å². The molecule has 160 valence electrons. The van der Waals surface area contributed by atoms with Crippen molar-refractivity contribution < 1.29 is 32.2 Å². The number of anilines is 1. The van der Waals surface area contributed by atoms with Crippen molar-refractivity contribution in [1.29, 1.82) is 0 Å². The first kappa shape index (κ1) is 21.7. The number of morpholine rings is 1. The number of nitrogens with one attached hydrogen (secondary N) is 1. The summed E-state index contributed by atoms with van der Waals surface area (Å²) in [5.74, 6) is -1.19. The van der Waals surface area contributed by atoms with E-state index in [4.69, 9.17) is 14.2 Å². The van der Waals surface area contributed by atoms with Crippen LogP contribution in [0.15, 0.2) is 23.1 Å². The Morgan fingerprint density at radius 2 is 1.79 bits per heavy atom. The van der Waals surface area contributed by atoms with Gasteiger partial charge in [0.25, 0.3) is 5.91 Å². The molecule has 0 radical (unpaired) electrons. The highest BCUT2D eigenvalue weighted by Crippen LogP contribution is 2.24. The predicted molar refractivity (Wildman–Crippen MR) is 104 cm³/mol. The molecule has 1 aromatic carbocycles. The zero-order valence-corrected chi connectivity index (χ0v) is 17.2. The van der Waals surface area contributed by atoms with Gasteiger partial charge in [0.1, 0.15) is 0 Å². The maximum atomic E-state index is 12.9. The van der Waals surface area contributed by atoms with E-state index in [9.17, 15) is 18.0 Å². The van der Waals surface area contributed by atoms with Crippen molar-refractivity contribution in [2.75, 3.05) is 51.4 Å². The lowest BCUT2D eigenvalue weighted by atomic mass is 10.0. The summed E-state index contributed by atoms with van der Waals surface area (Å²) in [6, 6.07) is 4.68. The molecule has 0 atom stereocenters. The lowest BCUT2D eigenvalue weighted by Crippen LogP contribution is -2.40. The number of carbonyl (C=O) groups is 2. The molecule has 2 aliphatic rings. The molecule has 9 nitrogen and oxygen atoms in total. The van der Waals surface area contributed by atoms with E-state index in [1.54, 1.807) is 19.1 Å². The van der Waals surface area contributed by atoms with E-state index in [0.717, 1.165) is 0 Å². The van der Waals surface area contributed by atoms with Gasteiger partial charge < -0.3 is 19.5 Å². The minimum atomic E-state index is -3.69. The Kier molecular flexibility index (Phi) is 7.23. The van der Waals surface area contributed by atoms with Crippen LogP contribution in [0.25, 0.3) is 0 Å². The quantitative estimate of drug-likeness (QED) is 0.674. The molecule has 0 saturated carbocycles. The van der Waals surface area contributed by atoms with Gasteiger partial charge >= 0.3 is 5.97 Å². The monoisotopic (exact) mass is 426 g/mol. The van der Waals surface area contributed by atoms with Gasteiger partial charge in [-0.15, -0.1) is 0 Å². The molecule has 1 N–H and O–H groups in total. The molecule has 1 amide bonds. The fourth-order valence-corrected chi connectivity index (χ4v) is 4.93. The second-order valence-corrected chi connectivity index (χ2v) is 8.95. The minimum absolute atomic E-state index is 0.136. The summed E-state index contributed by atoms with van der Waals surface area (Å²) in [4.78, 5) is 24.3. The number of ether oxygens (including phenoxy) is 3. The van der Waals surface area contributed by atoms with Crippen molar-refractivity contribution in [3.8, 4) is 0 Å². The molecular weight excluding hydrogens is 400 g/mol. The second kappa shape index (κ2) is 9.66. The molecule has 0 unspecified atom stereocenters. The number of carbonyl (C=O) groups excluding carboxylic acids is 2. The van der Waals surface area contributed by atoms with Gasteiger partial charge in [-0.1, -0.05) is 6.07 Å². The van der Waals surface area contributed by atoms with Gasteiger partial charge in [-0.2, -0.15) is 4.31 Å². The van der Waals surface area contributed by atoms with Gasteiger partial charge in [0.15, 0.2) is 6.61 Å². The third-order valence-electron chi connectivity index (χ3n) is 4.96. The van der Waals surface area contributed by atoms with Crippen LogP contribution in [0.3, 0.4) is 0 Å². The molecule has 2 aliphatic heterocycles. The Labute approximate surface area is 170 Å². The Hall–Kier alpha value is -2.01. The van der Waals surface area contributed by atoms with E-state index in [1.807, 2.05) is 0 Å². The second-order valence-electron chi connectivity index (χ2n) is 7.04. The van der Waals surface area contributed by atoms with Crippen LogP contribution in [-0.2, 0) is 33.8 Å². The predicted octanol–water partition coefficient (Wildman–Crippen LogP) is 0.924. The number of hydrogen-bond donors (Lipinski definition) is 1. The molecule has 29 heavy (non-hydrogen) atoms.